The van der Waals surface area contributed by atoms with Crippen LogP contribution in [0.1, 0.15) is 13.3 Å². The van der Waals surface area contributed by atoms with Gasteiger partial charge in [-0.2, -0.15) is 4.31 Å². The van der Waals surface area contributed by atoms with Crippen LogP contribution in [0.2, 0.25) is 0 Å². The SMILES string of the molecule is CCN(CCCO)S(=O)(=O)c1cc(N)ccc1OC. The third kappa shape index (κ3) is 3.59. The van der Waals surface area contributed by atoms with Gasteiger partial charge in [-0.3, -0.25) is 0 Å². The maximum atomic E-state index is 12.5. The minimum atomic E-state index is -3.67. The molecule has 1 aromatic rings. The monoisotopic (exact) mass is 288 g/mol. The molecule has 19 heavy (non-hydrogen) atoms. The van der Waals surface area contributed by atoms with Gasteiger partial charge in [0.2, 0.25) is 10.0 Å². The maximum absolute atomic E-state index is 12.5. The number of ether oxygens (including phenoxy) is 1. The predicted molar refractivity (Wildman–Crippen MR) is 73.5 cm³/mol. The van der Waals surface area contributed by atoms with Gasteiger partial charge >= 0.3 is 0 Å². The minimum absolute atomic E-state index is 0.0507. The Morgan fingerprint density at radius 2 is 2.11 bits per heavy atom. The van der Waals surface area contributed by atoms with E-state index in [4.69, 9.17) is 15.6 Å². The number of hydrogen-bond donors (Lipinski definition) is 2. The van der Waals surface area contributed by atoms with Crippen LogP contribution in [0, 0.1) is 0 Å². The fraction of sp³-hybridized carbons (Fsp3) is 0.500. The number of rotatable bonds is 7. The standard InChI is InChI=1S/C12H20N2O4S/c1-3-14(7-4-8-15)19(16,17)12-9-10(13)5-6-11(12)18-2/h5-6,9,15H,3-4,7-8,13H2,1-2H3. The topological polar surface area (TPSA) is 92.9 Å². The lowest BCUT2D eigenvalue weighted by Gasteiger charge is -2.21. The summed E-state index contributed by atoms with van der Waals surface area (Å²) in [5.41, 5.74) is 6.00. The van der Waals surface area contributed by atoms with E-state index in [0.717, 1.165) is 0 Å². The van der Waals surface area contributed by atoms with Gasteiger partial charge in [0.05, 0.1) is 7.11 Å². The number of methoxy groups -OCH3 is 1. The Morgan fingerprint density at radius 1 is 1.42 bits per heavy atom. The minimum Gasteiger partial charge on any atom is -0.495 e. The molecule has 0 aliphatic heterocycles. The van der Waals surface area contributed by atoms with Crippen LogP contribution >= 0.6 is 0 Å². The number of hydrogen-bond acceptors (Lipinski definition) is 5. The van der Waals surface area contributed by atoms with Crippen LogP contribution in [-0.4, -0.2) is 44.6 Å². The third-order valence-corrected chi connectivity index (χ3v) is 4.72. The highest BCUT2D eigenvalue weighted by molar-refractivity contribution is 7.89. The highest BCUT2D eigenvalue weighted by Crippen LogP contribution is 2.28. The van der Waals surface area contributed by atoms with Gasteiger partial charge in [-0.25, -0.2) is 8.42 Å². The lowest BCUT2D eigenvalue weighted by molar-refractivity contribution is 0.271. The van der Waals surface area contributed by atoms with Gasteiger partial charge in [-0.15, -0.1) is 0 Å². The van der Waals surface area contributed by atoms with Crippen molar-refractivity contribution in [3.05, 3.63) is 18.2 Å². The van der Waals surface area contributed by atoms with Crippen LogP contribution < -0.4 is 10.5 Å². The van der Waals surface area contributed by atoms with Crippen molar-refractivity contribution in [1.82, 2.24) is 4.31 Å². The molecule has 0 saturated carbocycles. The van der Waals surface area contributed by atoms with E-state index in [9.17, 15) is 8.42 Å². The van der Waals surface area contributed by atoms with E-state index in [1.165, 1.54) is 23.5 Å². The molecule has 0 heterocycles. The van der Waals surface area contributed by atoms with Gasteiger partial charge < -0.3 is 15.6 Å². The molecule has 1 rings (SSSR count). The summed E-state index contributed by atoms with van der Waals surface area (Å²) in [6.45, 7) is 2.27. The summed E-state index contributed by atoms with van der Waals surface area (Å²) in [6.07, 6.45) is 0.387. The van der Waals surface area contributed by atoms with Crippen LogP contribution in [0.4, 0.5) is 5.69 Å². The number of nitrogen functional groups attached to an aromatic ring is 1. The lowest BCUT2D eigenvalue weighted by Crippen LogP contribution is -2.32. The number of aliphatic hydroxyl groups excluding tert-OH is 1. The lowest BCUT2D eigenvalue weighted by atomic mass is 10.3. The zero-order valence-electron chi connectivity index (χ0n) is 11.2. The van der Waals surface area contributed by atoms with E-state index < -0.39 is 10.0 Å². The zero-order chi connectivity index (χ0) is 14.5. The highest BCUT2D eigenvalue weighted by atomic mass is 32.2. The third-order valence-electron chi connectivity index (χ3n) is 2.72. The summed E-state index contributed by atoms with van der Waals surface area (Å²) in [7, 11) is -2.26. The van der Waals surface area contributed by atoms with Crippen molar-refractivity contribution in [1.29, 1.82) is 0 Å². The van der Waals surface area contributed by atoms with Crippen molar-refractivity contribution in [2.45, 2.75) is 18.2 Å². The molecule has 3 N–H and O–H groups in total. The van der Waals surface area contributed by atoms with Crippen LogP contribution in [0.25, 0.3) is 0 Å². The molecule has 0 unspecified atom stereocenters. The first-order chi connectivity index (χ1) is 8.97. The first kappa shape index (κ1) is 15.7. The van der Waals surface area contributed by atoms with Gasteiger partial charge in [-0.05, 0) is 24.6 Å². The summed E-state index contributed by atoms with van der Waals surface area (Å²) in [6, 6.07) is 4.50. The fourth-order valence-electron chi connectivity index (χ4n) is 1.73. The summed E-state index contributed by atoms with van der Waals surface area (Å²) >= 11 is 0. The molecule has 0 radical (unpaired) electrons. The van der Waals surface area contributed by atoms with Crippen molar-refractivity contribution < 1.29 is 18.3 Å². The van der Waals surface area contributed by atoms with Crippen molar-refractivity contribution in [3.8, 4) is 5.75 Å². The predicted octanol–water partition coefficient (Wildman–Crippen LogP) is 0.670. The zero-order valence-corrected chi connectivity index (χ0v) is 12.0. The Labute approximate surface area is 113 Å². The summed E-state index contributed by atoms with van der Waals surface area (Å²) < 4.78 is 31.4. The molecule has 0 aliphatic carbocycles. The van der Waals surface area contributed by atoms with Crippen LogP contribution in [0.3, 0.4) is 0 Å². The van der Waals surface area contributed by atoms with Gasteiger partial charge in [0, 0.05) is 25.4 Å². The van der Waals surface area contributed by atoms with Gasteiger partial charge in [0.15, 0.2) is 0 Å². The molecule has 0 bridgehead atoms. The van der Waals surface area contributed by atoms with Crippen molar-refractivity contribution >= 4 is 15.7 Å². The van der Waals surface area contributed by atoms with Gasteiger partial charge in [0.25, 0.3) is 0 Å². The summed E-state index contributed by atoms with van der Waals surface area (Å²) in [5, 5.41) is 8.83. The van der Waals surface area contributed by atoms with Crippen molar-refractivity contribution in [3.63, 3.8) is 0 Å². The molecule has 0 atom stereocenters. The van der Waals surface area contributed by atoms with E-state index in [-0.39, 0.29) is 23.8 Å². The van der Waals surface area contributed by atoms with E-state index in [2.05, 4.69) is 0 Å². The number of benzene rings is 1. The molecule has 0 spiro atoms. The summed E-state index contributed by atoms with van der Waals surface area (Å²) in [5.74, 6) is 0.261. The average Bonchev–Trinajstić information content (AvgIpc) is 2.39. The Morgan fingerprint density at radius 3 is 2.63 bits per heavy atom. The normalized spacial score (nSPS) is 11.8. The van der Waals surface area contributed by atoms with Crippen molar-refractivity contribution in [2.75, 3.05) is 32.5 Å². The molecule has 108 valence electrons. The molecule has 1 aromatic carbocycles. The molecule has 0 saturated heterocycles. The number of nitrogens with zero attached hydrogens (tertiary/aromatic N) is 1. The molecule has 6 nitrogen and oxygen atoms in total. The van der Waals surface area contributed by atoms with Crippen LogP contribution in [0.15, 0.2) is 23.1 Å². The summed E-state index contributed by atoms with van der Waals surface area (Å²) in [4.78, 5) is 0.0507. The highest BCUT2D eigenvalue weighted by Gasteiger charge is 2.26. The molecule has 0 amide bonds. The molecule has 0 fully saturated rings. The largest absolute Gasteiger partial charge is 0.495 e. The van der Waals surface area contributed by atoms with E-state index in [0.29, 0.717) is 18.7 Å². The number of aliphatic hydroxyl groups is 1. The van der Waals surface area contributed by atoms with Crippen LogP contribution in [0.5, 0.6) is 5.75 Å². The fourth-order valence-corrected chi connectivity index (χ4v) is 3.41. The second-order valence-electron chi connectivity index (χ2n) is 3.98. The van der Waals surface area contributed by atoms with Gasteiger partial charge in [0.1, 0.15) is 10.6 Å². The first-order valence-corrected chi connectivity index (χ1v) is 7.45. The quantitative estimate of drug-likeness (QED) is 0.719. The number of sulfonamides is 1. The van der Waals surface area contributed by atoms with Gasteiger partial charge in [-0.1, -0.05) is 6.92 Å². The number of nitrogens with two attached hydrogens (primary N) is 1. The Kier molecular flexibility index (Phi) is 5.59. The number of anilines is 1. The van der Waals surface area contributed by atoms with E-state index in [1.807, 2.05) is 0 Å². The van der Waals surface area contributed by atoms with Crippen molar-refractivity contribution in [2.24, 2.45) is 0 Å². The molecular formula is C12H20N2O4S. The molecular weight excluding hydrogens is 268 g/mol. The Bertz CT molecular complexity index is 516. The second kappa shape index (κ2) is 6.74. The first-order valence-electron chi connectivity index (χ1n) is 6.01. The molecule has 7 heteroatoms. The smallest absolute Gasteiger partial charge is 0.246 e. The molecule has 0 aliphatic rings. The Hall–Kier alpha value is -1.31. The van der Waals surface area contributed by atoms with E-state index >= 15 is 0 Å². The average molecular weight is 288 g/mol. The maximum Gasteiger partial charge on any atom is 0.246 e. The van der Waals surface area contributed by atoms with Crippen LogP contribution in [-0.2, 0) is 10.0 Å². The second-order valence-corrected chi connectivity index (χ2v) is 5.89. The van der Waals surface area contributed by atoms with E-state index in [1.54, 1.807) is 13.0 Å². The molecule has 0 aromatic heterocycles. The Balaban J connectivity index is 3.20.